The van der Waals surface area contributed by atoms with Crippen LogP contribution >= 0.6 is 11.8 Å². The molecule has 4 N–H and O–H groups in total. The number of hydrogen-bond donors (Lipinski definition) is 3. The number of nitrogens with two attached hydrogens (primary N) is 1. The number of thioether (sulfide) groups is 1. The van der Waals surface area contributed by atoms with Gasteiger partial charge < -0.3 is 20.4 Å². The maximum absolute atomic E-state index is 11.3. The van der Waals surface area contributed by atoms with E-state index in [4.69, 9.17) is 10.2 Å². The topological polar surface area (TPSA) is 100 Å². The second-order valence-corrected chi connectivity index (χ2v) is 6.21. The van der Waals surface area contributed by atoms with Gasteiger partial charge in [-0.1, -0.05) is 0 Å². The van der Waals surface area contributed by atoms with Gasteiger partial charge in [-0.05, 0) is 26.2 Å². The van der Waals surface area contributed by atoms with Gasteiger partial charge in [0.15, 0.2) is 0 Å². The highest BCUT2D eigenvalue weighted by Crippen LogP contribution is 2.16. The Morgan fingerprint density at radius 3 is 2.91 bits per heavy atom. The molecule has 7 nitrogen and oxygen atoms in total. The molecule has 0 amide bonds. The van der Waals surface area contributed by atoms with Crippen LogP contribution in [0.3, 0.4) is 0 Å². The van der Waals surface area contributed by atoms with Crippen LogP contribution in [0.15, 0.2) is 27.5 Å². The quantitative estimate of drug-likeness (QED) is 0.630. The van der Waals surface area contributed by atoms with Gasteiger partial charge in [-0.3, -0.25) is 9.78 Å². The van der Waals surface area contributed by atoms with Crippen molar-refractivity contribution in [3.05, 3.63) is 40.2 Å². The zero-order valence-corrected chi connectivity index (χ0v) is 13.6. The fraction of sp³-hybridized carbons (Fsp3) is 0.429. The van der Waals surface area contributed by atoms with Crippen molar-refractivity contribution >= 4 is 23.4 Å². The van der Waals surface area contributed by atoms with Gasteiger partial charge in [-0.25, -0.2) is 4.98 Å². The number of anilines is 2. The number of rotatable bonds is 8. The van der Waals surface area contributed by atoms with Crippen LogP contribution in [0.5, 0.6) is 0 Å². The lowest BCUT2D eigenvalue weighted by molar-refractivity contribution is 0.344. The Morgan fingerprint density at radius 1 is 1.41 bits per heavy atom. The second-order valence-electron chi connectivity index (χ2n) is 5.10. The van der Waals surface area contributed by atoms with E-state index < -0.39 is 0 Å². The number of hydrogen-bond acceptors (Lipinski definition) is 7. The molecule has 0 fully saturated rings. The van der Waals surface area contributed by atoms with Gasteiger partial charge in [0, 0.05) is 12.3 Å². The number of furan rings is 1. The Morgan fingerprint density at radius 2 is 2.18 bits per heavy atom. The molecule has 0 spiro atoms. The van der Waals surface area contributed by atoms with Gasteiger partial charge >= 0.3 is 0 Å². The highest BCUT2D eigenvalue weighted by Gasteiger charge is 2.03. The lowest BCUT2D eigenvalue weighted by Gasteiger charge is -2.06. The molecular formula is C14H21N5O2S. The monoisotopic (exact) mass is 323 g/mol. The summed E-state index contributed by atoms with van der Waals surface area (Å²) in [7, 11) is 4.02. The van der Waals surface area contributed by atoms with Crippen LogP contribution in [0.25, 0.3) is 0 Å². The molecule has 2 heterocycles. The zero-order valence-electron chi connectivity index (χ0n) is 12.8. The maximum atomic E-state index is 11.3. The van der Waals surface area contributed by atoms with E-state index in [9.17, 15) is 4.79 Å². The molecule has 0 aromatic carbocycles. The summed E-state index contributed by atoms with van der Waals surface area (Å²) in [4.78, 5) is 20.0. The zero-order chi connectivity index (χ0) is 15.9. The van der Waals surface area contributed by atoms with Gasteiger partial charge in [-0.2, -0.15) is 11.8 Å². The highest BCUT2D eigenvalue weighted by molar-refractivity contribution is 7.98. The van der Waals surface area contributed by atoms with Gasteiger partial charge in [0.05, 0.1) is 18.5 Å². The van der Waals surface area contributed by atoms with Crippen molar-refractivity contribution in [2.45, 2.75) is 12.3 Å². The first-order valence-corrected chi connectivity index (χ1v) is 8.09. The molecular weight excluding hydrogens is 302 g/mol. The van der Waals surface area contributed by atoms with E-state index in [0.29, 0.717) is 12.5 Å². The van der Waals surface area contributed by atoms with Crippen molar-refractivity contribution in [3.8, 4) is 0 Å². The number of H-pyrrole nitrogens is 1. The smallest absolute Gasteiger partial charge is 0.275 e. The van der Waals surface area contributed by atoms with E-state index in [1.165, 1.54) is 6.20 Å². The van der Waals surface area contributed by atoms with Crippen molar-refractivity contribution in [2.75, 3.05) is 37.4 Å². The van der Waals surface area contributed by atoms with E-state index in [1.807, 2.05) is 26.2 Å². The molecule has 22 heavy (non-hydrogen) atoms. The molecule has 120 valence electrons. The van der Waals surface area contributed by atoms with Crippen LogP contribution in [0.1, 0.15) is 11.5 Å². The van der Waals surface area contributed by atoms with Gasteiger partial charge in [0.25, 0.3) is 5.56 Å². The molecule has 0 unspecified atom stereocenters. The van der Waals surface area contributed by atoms with E-state index in [-0.39, 0.29) is 11.2 Å². The molecule has 0 bridgehead atoms. The summed E-state index contributed by atoms with van der Waals surface area (Å²) in [5.74, 6) is 4.08. The van der Waals surface area contributed by atoms with Crippen LogP contribution in [0.2, 0.25) is 0 Å². The van der Waals surface area contributed by atoms with E-state index in [0.717, 1.165) is 29.6 Å². The largest absolute Gasteiger partial charge is 0.464 e. The summed E-state index contributed by atoms with van der Waals surface area (Å²) in [6.45, 7) is 1.51. The molecule has 0 radical (unpaired) electrons. The molecule has 0 aliphatic heterocycles. The Kier molecular flexibility index (Phi) is 5.91. The average Bonchev–Trinajstić information content (AvgIpc) is 2.89. The predicted molar refractivity (Wildman–Crippen MR) is 90.0 cm³/mol. The van der Waals surface area contributed by atoms with Crippen LogP contribution in [-0.2, 0) is 12.3 Å². The summed E-state index contributed by atoms with van der Waals surface area (Å²) in [5.41, 5.74) is 5.20. The van der Waals surface area contributed by atoms with Gasteiger partial charge in [-0.15, -0.1) is 0 Å². The fourth-order valence-electron chi connectivity index (χ4n) is 1.81. The first kappa shape index (κ1) is 16.4. The molecule has 0 atom stereocenters. The number of nitrogens with one attached hydrogen (secondary N) is 2. The van der Waals surface area contributed by atoms with Crippen molar-refractivity contribution in [2.24, 2.45) is 0 Å². The third-order valence-electron chi connectivity index (χ3n) is 2.80. The summed E-state index contributed by atoms with van der Waals surface area (Å²) < 4.78 is 5.73. The van der Waals surface area contributed by atoms with Crippen LogP contribution in [0, 0.1) is 0 Å². The molecule has 2 aromatic rings. The molecule has 2 aromatic heterocycles. The summed E-state index contributed by atoms with van der Waals surface area (Å²) in [5, 5.41) is 3.05. The van der Waals surface area contributed by atoms with Crippen molar-refractivity contribution in [1.29, 1.82) is 0 Å². The van der Waals surface area contributed by atoms with E-state index in [1.54, 1.807) is 11.8 Å². The molecule has 0 aliphatic carbocycles. The number of aromatic nitrogens is 2. The number of nitrogens with zero attached hydrogens (tertiary/aromatic N) is 2. The highest BCUT2D eigenvalue weighted by atomic mass is 32.2. The summed E-state index contributed by atoms with van der Waals surface area (Å²) >= 11 is 1.75. The molecule has 0 saturated carbocycles. The van der Waals surface area contributed by atoms with E-state index >= 15 is 0 Å². The fourth-order valence-corrected chi connectivity index (χ4v) is 2.55. The Hall–Kier alpha value is -1.93. The Labute approximate surface area is 133 Å². The third-order valence-corrected chi connectivity index (χ3v) is 3.78. The standard InChI is InChI=1S/C14H21N5O2S/c1-19(2)8-10-3-4-11(21-10)9-22-6-5-16-14-17-7-12(15)13(20)18-14/h3-4,7H,5-6,8-9,15H2,1-2H3,(H2,16,17,18,20). The summed E-state index contributed by atoms with van der Waals surface area (Å²) in [6, 6.07) is 4.02. The van der Waals surface area contributed by atoms with Gasteiger partial charge in [0.1, 0.15) is 17.2 Å². The first-order valence-electron chi connectivity index (χ1n) is 6.93. The number of nitrogen functional groups attached to an aromatic ring is 1. The third kappa shape index (κ3) is 5.12. The molecule has 0 saturated heterocycles. The Balaban J connectivity index is 1.67. The van der Waals surface area contributed by atoms with Gasteiger partial charge in [0.2, 0.25) is 5.95 Å². The second kappa shape index (κ2) is 7.90. The SMILES string of the molecule is CN(C)Cc1ccc(CSCCNc2ncc(N)c(=O)[nH]2)o1. The van der Waals surface area contributed by atoms with Crippen molar-refractivity contribution in [3.63, 3.8) is 0 Å². The maximum Gasteiger partial charge on any atom is 0.275 e. The molecule has 0 aliphatic rings. The van der Waals surface area contributed by atoms with Crippen molar-refractivity contribution < 1.29 is 4.42 Å². The minimum atomic E-state index is -0.325. The van der Waals surface area contributed by atoms with Crippen LogP contribution < -0.4 is 16.6 Å². The average molecular weight is 323 g/mol. The number of aromatic amines is 1. The lowest BCUT2D eigenvalue weighted by atomic mass is 10.4. The van der Waals surface area contributed by atoms with Crippen LogP contribution in [-0.4, -0.2) is 41.3 Å². The Bertz CT molecular complexity index is 653. The van der Waals surface area contributed by atoms with Crippen LogP contribution in [0.4, 0.5) is 11.6 Å². The molecule has 8 heteroatoms. The first-order chi connectivity index (χ1) is 10.5. The van der Waals surface area contributed by atoms with Crippen molar-refractivity contribution in [1.82, 2.24) is 14.9 Å². The minimum Gasteiger partial charge on any atom is -0.464 e. The summed E-state index contributed by atoms with van der Waals surface area (Å²) in [6.07, 6.45) is 1.35. The lowest BCUT2D eigenvalue weighted by Crippen LogP contribution is -2.16. The predicted octanol–water partition coefficient (Wildman–Crippen LogP) is 1.35. The van der Waals surface area contributed by atoms with E-state index in [2.05, 4.69) is 20.2 Å². The molecule has 2 rings (SSSR count). The normalized spacial score (nSPS) is 11.0. The minimum absolute atomic E-state index is 0.117.